The molecular weight excluding hydrogens is 461 g/mol. The maximum Gasteiger partial charge on any atom is 0.331 e. The van der Waals surface area contributed by atoms with Gasteiger partial charge in [-0.25, -0.2) is 14.2 Å². The van der Waals surface area contributed by atoms with Gasteiger partial charge in [-0.2, -0.15) is 0 Å². The topological polar surface area (TPSA) is 108 Å². The number of anilines is 1. The summed E-state index contributed by atoms with van der Waals surface area (Å²) in [6, 6.07) is 12.1. The van der Waals surface area contributed by atoms with E-state index >= 15 is 0 Å². The molecule has 2 aromatic carbocycles. The number of fused-ring (bicyclic) bond motifs is 2. The first-order valence-electron chi connectivity index (χ1n) is 11.5. The summed E-state index contributed by atoms with van der Waals surface area (Å²) in [6.07, 6.45) is 1.62. The molecule has 0 spiro atoms. The third-order valence-corrected chi connectivity index (χ3v) is 6.60. The molecule has 0 radical (unpaired) electrons. The van der Waals surface area contributed by atoms with E-state index in [1.165, 1.54) is 28.8 Å². The Morgan fingerprint density at radius 3 is 2.53 bits per heavy atom. The van der Waals surface area contributed by atoms with Crippen LogP contribution in [0, 0.1) is 19.7 Å². The Kier molecular flexibility index (Phi) is 5.62. The molecule has 0 fully saturated rings. The molecular formula is C27H26FN5O3. The van der Waals surface area contributed by atoms with E-state index in [0.717, 1.165) is 27.6 Å². The van der Waals surface area contributed by atoms with E-state index in [1.54, 1.807) is 16.7 Å². The lowest BCUT2D eigenvalue weighted by atomic mass is 10.0. The average Bonchev–Trinajstić information content (AvgIpc) is 3.26. The van der Waals surface area contributed by atoms with Gasteiger partial charge in [-0.3, -0.25) is 13.9 Å². The molecule has 3 N–H and O–H groups in total. The van der Waals surface area contributed by atoms with Crippen molar-refractivity contribution >= 4 is 33.9 Å². The number of rotatable bonds is 6. The highest BCUT2D eigenvalue weighted by atomic mass is 19.1. The maximum atomic E-state index is 13.9. The van der Waals surface area contributed by atoms with E-state index in [4.69, 9.17) is 5.73 Å². The first-order valence-corrected chi connectivity index (χ1v) is 11.5. The number of carboxylic acids is 1. The summed E-state index contributed by atoms with van der Waals surface area (Å²) in [5.41, 5.74) is 11.1. The highest BCUT2D eigenvalue weighted by molar-refractivity contribution is 5.88. The van der Waals surface area contributed by atoms with E-state index in [0.29, 0.717) is 11.1 Å². The number of nitrogen functional groups attached to an aromatic ring is 1. The zero-order valence-electron chi connectivity index (χ0n) is 20.2. The van der Waals surface area contributed by atoms with Gasteiger partial charge >= 0.3 is 11.7 Å². The van der Waals surface area contributed by atoms with Crippen molar-refractivity contribution in [1.82, 2.24) is 18.7 Å². The van der Waals surface area contributed by atoms with E-state index in [9.17, 15) is 19.1 Å². The van der Waals surface area contributed by atoms with Crippen LogP contribution in [0.25, 0.3) is 22.1 Å². The molecule has 0 amide bonds. The minimum atomic E-state index is -1.10. The van der Waals surface area contributed by atoms with Crippen molar-refractivity contribution < 1.29 is 14.3 Å². The summed E-state index contributed by atoms with van der Waals surface area (Å²) in [5, 5.41) is 10.7. The van der Waals surface area contributed by atoms with Crippen molar-refractivity contribution in [3.63, 3.8) is 0 Å². The fraction of sp³-hybridized carbons (Fsp3) is 0.222. The van der Waals surface area contributed by atoms with Gasteiger partial charge in [0.05, 0.1) is 24.5 Å². The Hall–Kier alpha value is -4.40. The van der Waals surface area contributed by atoms with Crippen molar-refractivity contribution in [2.75, 3.05) is 5.73 Å². The summed E-state index contributed by atoms with van der Waals surface area (Å²) < 4.78 is 18.6. The molecule has 0 aliphatic heterocycles. The lowest BCUT2D eigenvalue weighted by Gasteiger charge is -2.17. The van der Waals surface area contributed by atoms with Gasteiger partial charge in [0.2, 0.25) is 0 Å². The number of hydrogen-bond donors (Lipinski definition) is 2. The van der Waals surface area contributed by atoms with Crippen LogP contribution in [0.15, 0.2) is 59.5 Å². The summed E-state index contributed by atoms with van der Waals surface area (Å²) in [6.45, 7) is 4.36. The summed E-state index contributed by atoms with van der Waals surface area (Å²) in [5.74, 6) is -1.34. The van der Waals surface area contributed by atoms with Gasteiger partial charge in [0.25, 0.3) is 0 Å². The first-order chi connectivity index (χ1) is 17.1. The molecule has 9 heteroatoms. The van der Waals surface area contributed by atoms with Crippen molar-refractivity contribution in [1.29, 1.82) is 0 Å². The number of aromatic nitrogens is 4. The van der Waals surface area contributed by atoms with Gasteiger partial charge in [-0.05, 0) is 66.4 Å². The Bertz CT molecular complexity index is 1700. The highest BCUT2D eigenvalue weighted by Gasteiger charge is 2.26. The Balaban J connectivity index is 1.74. The molecule has 0 saturated heterocycles. The summed E-state index contributed by atoms with van der Waals surface area (Å²) >= 11 is 0. The molecule has 5 rings (SSSR count). The second-order valence-electron chi connectivity index (χ2n) is 9.22. The van der Waals surface area contributed by atoms with Gasteiger partial charge in [0.15, 0.2) is 5.65 Å². The van der Waals surface area contributed by atoms with Crippen LogP contribution in [0.3, 0.4) is 0 Å². The Morgan fingerprint density at radius 2 is 1.83 bits per heavy atom. The number of halogens is 1. The SMILES string of the molecule is Cc1cc(C)c2c(Cn3c(=O)n([C@H](CC(=O)O)c4ccc(F)cc4)c4nc(N)ccc43)cn(C)c2c1. The molecule has 36 heavy (non-hydrogen) atoms. The van der Waals surface area contributed by atoms with Crippen LogP contribution in [0.5, 0.6) is 0 Å². The quantitative estimate of drug-likeness (QED) is 0.374. The second-order valence-corrected chi connectivity index (χ2v) is 9.22. The van der Waals surface area contributed by atoms with E-state index in [-0.39, 0.29) is 24.4 Å². The zero-order valence-corrected chi connectivity index (χ0v) is 20.2. The number of carboxylic acid groups (broad SMARTS) is 1. The number of imidazole rings is 1. The standard InChI is InChI=1S/C27H26FN5O3/c1-15-10-16(2)25-18(13-31(3)22(25)11-15)14-32-20-8-9-23(29)30-26(20)33(27(32)36)21(12-24(34)35)17-4-6-19(28)7-5-17/h4-11,13,21H,12,14H2,1-3H3,(H2,29,30)(H,34,35)/t21-/m1/s1. The van der Waals surface area contributed by atoms with Crippen LogP contribution < -0.4 is 11.4 Å². The largest absolute Gasteiger partial charge is 0.481 e. The number of benzene rings is 2. The minimum absolute atomic E-state index is 0.207. The zero-order chi connectivity index (χ0) is 25.7. The molecule has 0 aliphatic rings. The van der Waals surface area contributed by atoms with Gasteiger partial charge < -0.3 is 15.4 Å². The maximum absolute atomic E-state index is 13.9. The molecule has 8 nitrogen and oxygen atoms in total. The van der Waals surface area contributed by atoms with Crippen LogP contribution in [0.1, 0.15) is 34.7 Å². The third kappa shape index (κ3) is 3.92. The molecule has 0 unspecified atom stereocenters. The number of nitrogens with zero attached hydrogens (tertiary/aromatic N) is 4. The van der Waals surface area contributed by atoms with Crippen molar-refractivity contribution in [3.05, 3.63) is 93.3 Å². The fourth-order valence-electron chi connectivity index (χ4n) is 5.11. The minimum Gasteiger partial charge on any atom is -0.481 e. The predicted octanol–water partition coefficient (Wildman–Crippen LogP) is 4.14. The van der Waals surface area contributed by atoms with Gasteiger partial charge in [0, 0.05) is 24.1 Å². The van der Waals surface area contributed by atoms with Crippen LogP contribution in [0.2, 0.25) is 0 Å². The lowest BCUT2D eigenvalue weighted by Crippen LogP contribution is -2.30. The number of aliphatic carboxylic acids is 1. The van der Waals surface area contributed by atoms with E-state index < -0.39 is 23.5 Å². The van der Waals surface area contributed by atoms with Crippen LogP contribution in [-0.4, -0.2) is 29.8 Å². The number of aryl methyl sites for hydroxylation is 3. The number of carbonyl (C=O) groups is 1. The number of nitrogens with two attached hydrogens (primary N) is 1. The fourth-order valence-corrected chi connectivity index (χ4v) is 5.11. The molecule has 184 valence electrons. The van der Waals surface area contributed by atoms with Gasteiger partial charge in [0.1, 0.15) is 11.6 Å². The van der Waals surface area contributed by atoms with Crippen molar-refractivity contribution in [3.8, 4) is 0 Å². The average molecular weight is 488 g/mol. The molecule has 1 atom stereocenters. The van der Waals surface area contributed by atoms with Gasteiger partial charge in [-0.1, -0.05) is 18.2 Å². The molecule has 0 aliphatic carbocycles. The second kappa shape index (κ2) is 8.67. The smallest absolute Gasteiger partial charge is 0.331 e. The highest BCUT2D eigenvalue weighted by Crippen LogP contribution is 2.29. The van der Waals surface area contributed by atoms with Crippen LogP contribution >= 0.6 is 0 Å². The first kappa shape index (κ1) is 23.3. The summed E-state index contributed by atoms with van der Waals surface area (Å²) in [4.78, 5) is 30.1. The number of hydrogen-bond acceptors (Lipinski definition) is 4. The Labute approximate surface area is 206 Å². The molecule has 0 saturated carbocycles. The molecule has 5 aromatic rings. The normalized spacial score (nSPS) is 12.4. The van der Waals surface area contributed by atoms with Crippen LogP contribution in [-0.2, 0) is 18.4 Å². The van der Waals surface area contributed by atoms with Crippen molar-refractivity contribution in [2.45, 2.75) is 32.9 Å². The molecule has 3 heterocycles. The predicted molar refractivity (Wildman–Crippen MR) is 137 cm³/mol. The third-order valence-electron chi connectivity index (χ3n) is 6.60. The van der Waals surface area contributed by atoms with Crippen LogP contribution in [0.4, 0.5) is 10.2 Å². The number of pyridine rings is 1. The molecule has 3 aromatic heterocycles. The van der Waals surface area contributed by atoms with E-state index in [2.05, 4.69) is 17.1 Å². The monoisotopic (exact) mass is 487 g/mol. The Morgan fingerprint density at radius 1 is 1.11 bits per heavy atom. The lowest BCUT2D eigenvalue weighted by molar-refractivity contribution is -0.137. The van der Waals surface area contributed by atoms with E-state index in [1.807, 2.05) is 31.7 Å². The van der Waals surface area contributed by atoms with Crippen molar-refractivity contribution in [2.24, 2.45) is 7.05 Å². The summed E-state index contributed by atoms with van der Waals surface area (Å²) in [7, 11) is 1.97. The molecule has 0 bridgehead atoms. The van der Waals surface area contributed by atoms with Gasteiger partial charge in [-0.15, -0.1) is 0 Å².